The molecule has 2 aromatic heterocycles. The molecule has 0 saturated heterocycles. The summed E-state index contributed by atoms with van der Waals surface area (Å²) in [6.45, 7) is 4.40. The Morgan fingerprint density at radius 1 is 0.538 bits per heavy atom. The number of rotatable bonds is 1. The Hall–Kier alpha value is -1.70. The Morgan fingerprint density at radius 3 is 1.35 bits per heavy atom. The first kappa shape index (κ1) is 17.7. The molecule has 4 rings (SSSR count). The summed E-state index contributed by atoms with van der Waals surface area (Å²) >= 11 is 0. The lowest BCUT2D eigenvalue weighted by molar-refractivity contribution is 0.612. The summed E-state index contributed by atoms with van der Waals surface area (Å²) in [6, 6.07) is 4.70. The van der Waals surface area contributed by atoms with E-state index in [9.17, 15) is 0 Å². The minimum atomic E-state index is 1.09. The lowest BCUT2D eigenvalue weighted by Crippen LogP contribution is -2.08. The van der Waals surface area contributed by atoms with E-state index in [1.54, 1.807) is 0 Å². The van der Waals surface area contributed by atoms with Crippen LogP contribution in [0.3, 0.4) is 0 Å². The van der Waals surface area contributed by atoms with E-state index in [1.807, 2.05) is 0 Å². The minimum absolute atomic E-state index is 1.09. The van der Waals surface area contributed by atoms with Crippen molar-refractivity contribution in [2.75, 3.05) is 0 Å². The molecule has 0 aromatic carbocycles. The van der Waals surface area contributed by atoms with Gasteiger partial charge < -0.3 is 0 Å². The van der Waals surface area contributed by atoms with Crippen molar-refractivity contribution in [3.8, 4) is 11.4 Å². The van der Waals surface area contributed by atoms with Gasteiger partial charge in [-0.15, -0.1) is 0 Å². The number of nitrogens with zero attached hydrogens (tertiary/aromatic N) is 2. The van der Waals surface area contributed by atoms with Gasteiger partial charge in [0.2, 0.25) is 0 Å². The van der Waals surface area contributed by atoms with Gasteiger partial charge in [0, 0.05) is 11.4 Å². The molecule has 2 nitrogen and oxygen atoms in total. The second-order valence-corrected chi connectivity index (χ2v) is 8.29. The fraction of sp³-hybridized carbons (Fsp3) is 0.583. The number of pyridine rings is 2. The first-order valence-corrected chi connectivity index (χ1v) is 10.7. The number of fused-ring (bicyclic) bond motifs is 2. The molecule has 2 heterocycles. The molecule has 2 aliphatic carbocycles. The van der Waals surface area contributed by atoms with Crippen LogP contribution >= 0.6 is 0 Å². The Kier molecular flexibility index (Phi) is 5.38. The van der Waals surface area contributed by atoms with Gasteiger partial charge in [0.25, 0.3) is 0 Å². The maximum Gasteiger partial charge on any atom is 0.0892 e. The Balaban J connectivity index is 1.75. The maximum absolute atomic E-state index is 5.00. The van der Waals surface area contributed by atoms with Crippen LogP contribution in [0.5, 0.6) is 0 Å². The lowest BCUT2D eigenvalue weighted by Gasteiger charge is -2.19. The van der Waals surface area contributed by atoms with Crippen molar-refractivity contribution in [3.63, 3.8) is 0 Å². The fourth-order valence-electron chi connectivity index (χ4n) is 4.86. The van der Waals surface area contributed by atoms with Crippen molar-refractivity contribution < 1.29 is 0 Å². The molecule has 2 aliphatic rings. The molecule has 0 bridgehead atoms. The van der Waals surface area contributed by atoms with Crippen molar-refractivity contribution in [2.24, 2.45) is 0 Å². The average Bonchev–Trinajstić information content (AvgIpc) is 2.56. The molecular weight excluding hydrogens is 316 g/mol. The quantitative estimate of drug-likeness (QED) is 0.624. The van der Waals surface area contributed by atoms with Gasteiger partial charge in [-0.2, -0.15) is 0 Å². The van der Waals surface area contributed by atoms with E-state index in [1.165, 1.54) is 111 Å². The van der Waals surface area contributed by atoms with E-state index in [0.717, 1.165) is 11.4 Å². The standard InChI is InChI=1S/C24H32N2/c1-17-21-13-9-5-3-7-11-19(21)15-23(25-17)24-16-20-12-8-4-6-10-14-22(20)18(2)26-24/h15-16H,3-14H2,1-2H3. The molecule has 2 aromatic rings. The van der Waals surface area contributed by atoms with Crippen molar-refractivity contribution in [1.29, 1.82) is 0 Å². The second-order valence-electron chi connectivity index (χ2n) is 8.29. The monoisotopic (exact) mass is 348 g/mol. The smallest absolute Gasteiger partial charge is 0.0892 e. The molecule has 0 spiro atoms. The first-order chi connectivity index (χ1) is 12.7. The molecule has 0 fully saturated rings. The molecule has 2 heteroatoms. The van der Waals surface area contributed by atoms with Crippen LogP contribution in [0.1, 0.15) is 85.0 Å². The van der Waals surface area contributed by atoms with Gasteiger partial charge in [0.05, 0.1) is 11.4 Å². The Bertz CT molecular complexity index is 724. The third-order valence-corrected chi connectivity index (χ3v) is 6.36. The summed E-state index contributed by atoms with van der Waals surface area (Å²) in [5, 5.41) is 0. The summed E-state index contributed by atoms with van der Waals surface area (Å²) in [6.07, 6.45) is 15.5. The molecule has 0 atom stereocenters. The SMILES string of the molecule is Cc1nc(-c2cc3c(c(C)n2)CCCCCC3)cc2c1CCCCCC2. The van der Waals surface area contributed by atoms with Gasteiger partial charge in [-0.25, -0.2) is 0 Å². The van der Waals surface area contributed by atoms with Gasteiger partial charge in [0.15, 0.2) is 0 Å². The van der Waals surface area contributed by atoms with Crippen LogP contribution in [0.2, 0.25) is 0 Å². The zero-order chi connectivity index (χ0) is 17.9. The van der Waals surface area contributed by atoms with Crippen LogP contribution in [0.4, 0.5) is 0 Å². The predicted octanol–water partition coefficient (Wildman–Crippen LogP) is 6.08. The summed E-state index contributed by atoms with van der Waals surface area (Å²) in [5.41, 5.74) is 10.7. The van der Waals surface area contributed by atoms with Crippen molar-refractivity contribution in [1.82, 2.24) is 9.97 Å². The van der Waals surface area contributed by atoms with Gasteiger partial charge in [-0.1, -0.05) is 25.7 Å². The largest absolute Gasteiger partial charge is 0.251 e. The summed E-state index contributed by atoms with van der Waals surface area (Å²) in [7, 11) is 0. The Labute approximate surface area is 158 Å². The molecule has 0 aliphatic heterocycles. The fourth-order valence-corrected chi connectivity index (χ4v) is 4.86. The second kappa shape index (κ2) is 7.90. The highest BCUT2D eigenvalue weighted by atomic mass is 14.8. The van der Waals surface area contributed by atoms with Crippen molar-refractivity contribution in [3.05, 3.63) is 45.8 Å². The van der Waals surface area contributed by atoms with E-state index < -0.39 is 0 Å². The average molecular weight is 349 g/mol. The third-order valence-electron chi connectivity index (χ3n) is 6.36. The number of aromatic nitrogens is 2. The van der Waals surface area contributed by atoms with Crippen LogP contribution in [-0.4, -0.2) is 9.97 Å². The van der Waals surface area contributed by atoms with Gasteiger partial charge in [-0.3, -0.25) is 9.97 Å². The van der Waals surface area contributed by atoms with Crippen LogP contribution in [0, 0.1) is 13.8 Å². The highest BCUT2D eigenvalue weighted by Gasteiger charge is 2.17. The van der Waals surface area contributed by atoms with E-state index >= 15 is 0 Å². The number of hydrogen-bond acceptors (Lipinski definition) is 2. The topological polar surface area (TPSA) is 25.8 Å². The van der Waals surface area contributed by atoms with Gasteiger partial charge >= 0.3 is 0 Å². The van der Waals surface area contributed by atoms with E-state index in [2.05, 4.69) is 26.0 Å². The van der Waals surface area contributed by atoms with Gasteiger partial charge in [-0.05, 0) is 99.6 Å². The molecule has 0 N–H and O–H groups in total. The Morgan fingerprint density at radius 2 is 0.923 bits per heavy atom. The van der Waals surface area contributed by atoms with Crippen LogP contribution in [0.15, 0.2) is 12.1 Å². The molecular formula is C24H32N2. The van der Waals surface area contributed by atoms with Gasteiger partial charge in [0.1, 0.15) is 0 Å². The zero-order valence-corrected chi connectivity index (χ0v) is 16.5. The minimum Gasteiger partial charge on any atom is -0.251 e. The highest BCUT2D eigenvalue weighted by molar-refractivity contribution is 5.59. The predicted molar refractivity (Wildman–Crippen MR) is 109 cm³/mol. The van der Waals surface area contributed by atoms with Crippen LogP contribution in [-0.2, 0) is 25.7 Å². The molecule has 0 radical (unpaired) electrons. The number of hydrogen-bond donors (Lipinski definition) is 0. The van der Waals surface area contributed by atoms with Crippen LogP contribution < -0.4 is 0 Å². The molecule has 0 saturated carbocycles. The van der Waals surface area contributed by atoms with Crippen LogP contribution in [0.25, 0.3) is 11.4 Å². The van der Waals surface area contributed by atoms with E-state index in [-0.39, 0.29) is 0 Å². The normalized spacial score (nSPS) is 18.1. The van der Waals surface area contributed by atoms with E-state index in [0.29, 0.717) is 0 Å². The summed E-state index contributed by atoms with van der Waals surface area (Å²) < 4.78 is 0. The van der Waals surface area contributed by atoms with E-state index in [4.69, 9.17) is 9.97 Å². The molecule has 138 valence electrons. The zero-order valence-electron chi connectivity index (χ0n) is 16.5. The maximum atomic E-state index is 5.00. The number of aryl methyl sites for hydroxylation is 4. The first-order valence-electron chi connectivity index (χ1n) is 10.7. The van der Waals surface area contributed by atoms with Crippen molar-refractivity contribution in [2.45, 2.75) is 90.9 Å². The molecule has 26 heavy (non-hydrogen) atoms. The summed E-state index contributed by atoms with van der Waals surface area (Å²) in [4.78, 5) is 10.00. The highest BCUT2D eigenvalue weighted by Crippen LogP contribution is 2.30. The lowest BCUT2D eigenvalue weighted by atomic mass is 9.90. The molecule has 0 amide bonds. The summed E-state index contributed by atoms with van der Waals surface area (Å²) in [5.74, 6) is 0. The molecule has 0 unspecified atom stereocenters. The third kappa shape index (κ3) is 3.70. The van der Waals surface area contributed by atoms with Crippen molar-refractivity contribution >= 4 is 0 Å².